The lowest BCUT2D eigenvalue weighted by Gasteiger charge is -2.44. The monoisotopic (exact) mass is 530 g/mol. The van der Waals surface area contributed by atoms with Gasteiger partial charge in [-0.1, -0.05) is 20.8 Å². The van der Waals surface area contributed by atoms with Crippen molar-refractivity contribution in [2.24, 2.45) is 5.41 Å². The predicted molar refractivity (Wildman–Crippen MR) is 145 cm³/mol. The van der Waals surface area contributed by atoms with Gasteiger partial charge in [0.2, 0.25) is 0 Å². The number of alkyl halides is 1. The summed E-state index contributed by atoms with van der Waals surface area (Å²) in [6.07, 6.45) is 2.09. The van der Waals surface area contributed by atoms with Gasteiger partial charge in [0, 0.05) is 60.1 Å². The maximum atomic E-state index is 15.9. The number of H-pyrrole nitrogens is 1. The first-order chi connectivity index (χ1) is 18.1. The summed E-state index contributed by atoms with van der Waals surface area (Å²) in [5.74, 6) is -1.53. The summed E-state index contributed by atoms with van der Waals surface area (Å²) in [6, 6.07) is 6.79. The van der Waals surface area contributed by atoms with Crippen molar-refractivity contribution in [3.8, 4) is 0 Å². The molecule has 4 nitrogen and oxygen atoms in total. The third-order valence-corrected chi connectivity index (χ3v) is 8.43. The van der Waals surface area contributed by atoms with Crippen molar-refractivity contribution in [3.05, 3.63) is 64.6 Å². The molecule has 0 amide bonds. The maximum absolute atomic E-state index is 15.9. The van der Waals surface area contributed by atoms with Crippen LogP contribution in [0.4, 0.5) is 23.2 Å². The van der Waals surface area contributed by atoms with E-state index >= 15 is 8.78 Å². The lowest BCUT2D eigenvalue weighted by atomic mass is 9.83. The van der Waals surface area contributed by atoms with E-state index in [9.17, 15) is 8.78 Å². The summed E-state index contributed by atoms with van der Waals surface area (Å²) < 4.78 is 58.4. The molecule has 1 saturated heterocycles. The second-order valence-corrected chi connectivity index (χ2v) is 11.8. The topological polar surface area (TPSA) is 34.3 Å². The van der Waals surface area contributed by atoms with Crippen LogP contribution in [-0.4, -0.2) is 59.7 Å². The standard InChI is InChI=1S/C30H38F4N4/c1-5-30(3,4)17-38-18(2)11-23-22-12-19(32)7-8-26(22)36-28(23)29(38)27-24(33)13-20(14-25(27)34)35-21-15-37(16-21)10-6-9-31/h7-8,12-14,18,21,29,35-36H,5-6,9-11,15-17H2,1-4H3/t18-,29-/m0/s1. The van der Waals surface area contributed by atoms with Crippen LogP contribution >= 0.6 is 0 Å². The number of aromatic nitrogens is 1. The first kappa shape index (κ1) is 27.0. The molecule has 2 N–H and O–H groups in total. The lowest BCUT2D eigenvalue weighted by molar-refractivity contribution is 0.0872. The van der Waals surface area contributed by atoms with Crippen molar-refractivity contribution in [1.82, 2.24) is 14.8 Å². The van der Waals surface area contributed by atoms with E-state index in [4.69, 9.17) is 0 Å². The number of nitrogens with zero attached hydrogens (tertiary/aromatic N) is 2. The van der Waals surface area contributed by atoms with Crippen LogP contribution < -0.4 is 5.32 Å². The summed E-state index contributed by atoms with van der Waals surface area (Å²) in [6.45, 7) is 11.0. The first-order valence-corrected chi connectivity index (χ1v) is 13.7. The quantitative estimate of drug-likeness (QED) is 0.298. The molecular weight excluding hydrogens is 492 g/mol. The van der Waals surface area contributed by atoms with E-state index in [-0.39, 0.29) is 35.6 Å². The summed E-state index contributed by atoms with van der Waals surface area (Å²) >= 11 is 0. The molecule has 5 rings (SSSR count). The molecule has 1 fully saturated rings. The molecule has 38 heavy (non-hydrogen) atoms. The molecule has 3 heterocycles. The van der Waals surface area contributed by atoms with Crippen molar-refractivity contribution >= 4 is 16.6 Å². The molecule has 0 bridgehead atoms. The van der Waals surface area contributed by atoms with Gasteiger partial charge in [0.05, 0.1) is 18.8 Å². The Hall–Kier alpha value is -2.58. The van der Waals surface area contributed by atoms with Gasteiger partial charge in [0.25, 0.3) is 0 Å². The molecule has 0 unspecified atom stereocenters. The molecule has 0 radical (unpaired) electrons. The molecule has 0 saturated carbocycles. The minimum atomic E-state index is -0.663. The Morgan fingerprint density at radius 2 is 1.79 bits per heavy atom. The highest BCUT2D eigenvalue weighted by atomic mass is 19.1. The van der Waals surface area contributed by atoms with Crippen molar-refractivity contribution < 1.29 is 17.6 Å². The zero-order chi connectivity index (χ0) is 27.2. The summed E-state index contributed by atoms with van der Waals surface area (Å²) in [5, 5.41) is 4.00. The predicted octanol–water partition coefficient (Wildman–Crippen LogP) is 6.81. The number of rotatable bonds is 9. The SMILES string of the molecule is CCC(C)(C)CN1[C@@H](c2c(F)cc(NC3CN(CCCF)C3)cc2F)c2[nH]c3ccc(F)cc3c2C[C@@H]1C. The van der Waals surface area contributed by atoms with Gasteiger partial charge in [-0.2, -0.15) is 0 Å². The smallest absolute Gasteiger partial charge is 0.133 e. The summed E-state index contributed by atoms with van der Waals surface area (Å²) in [4.78, 5) is 7.71. The number of nitrogens with one attached hydrogen (secondary N) is 2. The number of benzene rings is 2. The van der Waals surface area contributed by atoms with E-state index in [0.717, 1.165) is 41.7 Å². The molecular formula is C30H38F4N4. The number of fused-ring (bicyclic) bond motifs is 3. The van der Waals surface area contributed by atoms with E-state index < -0.39 is 17.7 Å². The van der Waals surface area contributed by atoms with Gasteiger partial charge in [-0.25, -0.2) is 13.2 Å². The highest BCUT2D eigenvalue weighted by Gasteiger charge is 2.40. The molecule has 2 atom stereocenters. The third kappa shape index (κ3) is 5.17. The Kier molecular flexibility index (Phi) is 7.48. The van der Waals surface area contributed by atoms with Crippen molar-refractivity contribution in [2.75, 3.05) is 38.2 Å². The van der Waals surface area contributed by atoms with Crippen molar-refractivity contribution in [1.29, 1.82) is 0 Å². The van der Waals surface area contributed by atoms with Crippen LogP contribution in [0, 0.1) is 22.9 Å². The Morgan fingerprint density at radius 1 is 1.08 bits per heavy atom. The number of hydrogen-bond acceptors (Lipinski definition) is 3. The van der Waals surface area contributed by atoms with Gasteiger partial charge in [-0.05, 0) is 67.5 Å². The minimum Gasteiger partial charge on any atom is -0.380 e. The Labute approximate surface area is 222 Å². The lowest BCUT2D eigenvalue weighted by Crippen LogP contribution is -2.54. The molecule has 1 aromatic heterocycles. The van der Waals surface area contributed by atoms with Gasteiger partial charge >= 0.3 is 0 Å². The van der Waals surface area contributed by atoms with E-state index in [1.165, 1.54) is 24.3 Å². The molecule has 2 aromatic carbocycles. The van der Waals surface area contributed by atoms with Gasteiger partial charge in [-0.3, -0.25) is 14.2 Å². The van der Waals surface area contributed by atoms with Crippen LogP contribution in [0.5, 0.6) is 0 Å². The van der Waals surface area contributed by atoms with Gasteiger partial charge in [-0.15, -0.1) is 0 Å². The van der Waals surface area contributed by atoms with Crippen molar-refractivity contribution in [2.45, 2.75) is 65.1 Å². The van der Waals surface area contributed by atoms with Gasteiger partial charge < -0.3 is 10.3 Å². The van der Waals surface area contributed by atoms with Crippen LogP contribution in [0.2, 0.25) is 0 Å². The van der Waals surface area contributed by atoms with E-state index in [0.29, 0.717) is 31.6 Å². The highest BCUT2D eigenvalue weighted by molar-refractivity contribution is 5.85. The zero-order valence-corrected chi connectivity index (χ0v) is 22.7. The molecule has 0 aliphatic carbocycles. The first-order valence-electron chi connectivity index (χ1n) is 13.7. The zero-order valence-electron chi connectivity index (χ0n) is 22.7. The molecule has 8 heteroatoms. The average Bonchev–Trinajstić information content (AvgIpc) is 3.18. The molecule has 3 aromatic rings. The molecule has 206 valence electrons. The Morgan fingerprint density at radius 3 is 2.45 bits per heavy atom. The van der Waals surface area contributed by atoms with Crippen LogP contribution in [0.1, 0.15) is 63.4 Å². The second kappa shape index (κ2) is 10.5. The number of hydrogen-bond donors (Lipinski definition) is 2. The van der Waals surface area contributed by atoms with Gasteiger partial charge in [0.15, 0.2) is 0 Å². The Balaban J connectivity index is 1.52. The van der Waals surface area contributed by atoms with Crippen LogP contribution in [0.3, 0.4) is 0 Å². The molecule has 0 spiro atoms. The van der Waals surface area contributed by atoms with E-state index in [1.807, 2.05) is 0 Å². The summed E-state index contributed by atoms with van der Waals surface area (Å²) in [5.41, 5.74) is 2.78. The van der Waals surface area contributed by atoms with Gasteiger partial charge in [0.1, 0.15) is 17.5 Å². The third-order valence-electron chi connectivity index (χ3n) is 8.43. The fourth-order valence-corrected chi connectivity index (χ4v) is 5.98. The number of anilines is 1. The van der Waals surface area contributed by atoms with Crippen molar-refractivity contribution in [3.63, 3.8) is 0 Å². The fourth-order valence-electron chi connectivity index (χ4n) is 5.98. The van der Waals surface area contributed by atoms with Crippen LogP contribution in [-0.2, 0) is 6.42 Å². The fraction of sp³-hybridized carbons (Fsp3) is 0.533. The minimum absolute atomic E-state index is 0.00229. The number of halogens is 4. The number of likely N-dealkylation sites (tertiary alicyclic amines) is 1. The average molecular weight is 531 g/mol. The highest BCUT2D eigenvalue weighted by Crippen LogP contribution is 2.44. The normalized spacial score (nSPS) is 21.1. The van der Waals surface area contributed by atoms with E-state index in [2.05, 4.69) is 47.8 Å². The largest absolute Gasteiger partial charge is 0.380 e. The van der Waals surface area contributed by atoms with Crippen LogP contribution in [0.25, 0.3) is 10.9 Å². The maximum Gasteiger partial charge on any atom is 0.133 e. The van der Waals surface area contributed by atoms with Crippen LogP contribution in [0.15, 0.2) is 30.3 Å². The Bertz CT molecular complexity index is 1270. The molecule has 2 aliphatic rings. The summed E-state index contributed by atoms with van der Waals surface area (Å²) in [7, 11) is 0. The second-order valence-electron chi connectivity index (χ2n) is 11.8. The number of aromatic amines is 1. The molecule has 2 aliphatic heterocycles. The van der Waals surface area contributed by atoms with E-state index in [1.54, 1.807) is 6.07 Å².